The maximum Gasteiger partial charge on any atom is 0.237 e. The summed E-state index contributed by atoms with van der Waals surface area (Å²) in [5.41, 5.74) is 5.94. The summed E-state index contributed by atoms with van der Waals surface area (Å²) in [4.78, 5) is 15.1. The lowest BCUT2D eigenvalue weighted by Gasteiger charge is -2.54. The van der Waals surface area contributed by atoms with Gasteiger partial charge in [-0.15, -0.1) is 0 Å². The summed E-state index contributed by atoms with van der Waals surface area (Å²) in [6.45, 7) is 3.91. The van der Waals surface area contributed by atoms with E-state index in [1.54, 1.807) is 0 Å². The van der Waals surface area contributed by atoms with Gasteiger partial charge in [0.15, 0.2) is 0 Å². The van der Waals surface area contributed by atoms with Crippen LogP contribution in [0, 0.1) is 23.7 Å². The van der Waals surface area contributed by atoms with Gasteiger partial charge in [-0.1, -0.05) is 0 Å². The molecule has 5 aliphatic rings. The van der Waals surface area contributed by atoms with Gasteiger partial charge < -0.3 is 11.1 Å². The Labute approximate surface area is 134 Å². The fourth-order valence-electron chi connectivity index (χ4n) is 6.13. The number of carbonyl (C=O) groups excluding carboxylic acids is 1. The second-order valence-corrected chi connectivity index (χ2v) is 8.60. The Bertz CT molecular complexity index is 408. The Kier molecular flexibility index (Phi) is 3.93. The first kappa shape index (κ1) is 14.9. The standard InChI is InChI=1S/C18H31N3O/c1-11(19)10-21-4-2-3-16(21)18(22)20-17-14-6-12-5-13(8-14)9-15(17)7-12/h11-17H,2-10,19H2,1H3,(H,20,22)/t11-,12?,13?,14?,15?,16-,17?/m1/s1. The van der Waals surface area contributed by atoms with E-state index in [0.717, 1.165) is 49.6 Å². The summed E-state index contributed by atoms with van der Waals surface area (Å²) in [5, 5.41) is 3.49. The molecule has 0 aromatic heterocycles. The summed E-state index contributed by atoms with van der Waals surface area (Å²) >= 11 is 0. The molecule has 124 valence electrons. The third-order valence-electron chi connectivity index (χ3n) is 6.72. The number of nitrogens with two attached hydrogens (primary N) is 1. The van der Waals surface area contributed by atoms with Crippen LogP contribution in [0.5, 0.6) is 0 Å². The van der Waals surface area contributed by atoms with Gasteiger partial charge in [0.25, 0.3) is 0 Å². The van der Waals surface area contributed by atoms with Crippen LogP contribution in [-0.2, 0) is 4.79 Å². The Hall–Kier alpha value is -0.610. The average Bonchev–Trinajstić information content (AvgIpc) is 2.89. The van der Waals surface area contributed by atoms with Crippen molar-refractivity contribution >= 4 is 5.91 Å². The van der Waals surface area contributed by atoms with Gasteiger partial charge in [0.2, 0.25) is 5.91 Å². The zero-order valence-electron chi connectivity index (χ0n) is 13.8. The lowest BCUT2D eigenvalue weighted by molar-refractivity contribution is -0.129. The van der Waals surface area contributed by atoms with E-state index >= 15 is 0 Å². The zero-order chi connectivity index (χ0) is 15.3. The number of amides is 1. The second kappa shape index (κ2) is 5.79. The number of nitrogens with one attached hydrogen (secondary N) is 1. The number of hydrogen-bond donors (Lipinski definition) is 2. The molecule has 2 atom stereocenters. The van der Waals surface area contributed by atoms with Crippen LogP contribution in [0.15, 0.2) is 0 Å². The van der Waals surface area contributed by atoms with Crippen LogP contribution in [0.25, 0.3) is 0 Å². The molecule has 0 aromatic carbocycles. The fourth-order valence-corrected chi connectivity index (χ4v) is 6.13. The van der Waals surface area contributed by atoms with Gasteiger partial charge in [0.1, 0.15) is 0 Å². The lowest BCUT2D eigenvalue weighted by atomic mass is 9.54. The molecule has 0 aromatic rings. The largest absolute Gasteiger partial charge is 0.351 e. The molecular weight excluding hydrogens is 274 g/mol. The highest BCUT2D eigenvalue weighted by molar-refractivity contribution is 5.82. The molecule has 1 saturated heterocycles. The van der Waals surface area contributed by atoms with Crippen molar-refractivity contribution in [1.29, 1.82) is 0 Å². The molecule has 0 unspecified atom stereocenters. The fraction of sp³-hybridized carbons (Fsp3) is 0.944. The van der Waals surface area contributed by atoms with Crippen molar-refractivity contribution in [2.24, 2.45) is 29.4 Å². The highest BCUT2D eigenvalue weighted by Gasteiger charge is 2.49. The minimum absolute atomic E-state index is 0.0724. The molecule has 1 aliphatic heterocycles. The van der Waals surface area contributed by atoms with Crippen LogP contribution in [0.3, 0.4) is 0 Å². The average molecular weight is 305 g/mol. The van der Waals surface area contributed by atoms with E-state index in [2.05, 4.69) is 10.2 Å². The van der Waals surface area contributed by atoms with Gasteiger partial charge >= 0.3 is 0 Å². The van der Waals surface area contributed by atoms with E-state index in [1.165, 1.54) is 32.1 Å². The van der Waals surface area contributed by atoms with Gasteiger partial charge in [0.05, 0.1) is 6.04 Å². The normalized spacial score (nSPS) is 45.2. The molecule has 4 nitrogen and oxygen atoms in total. The van der Waals surface area contributed by atoms with Crippen molar-refractivity contribution in [3.05, 3.63) is 0 Å². The molecule has 5 fully saturated rings. The molecule has 4 aliphatic carbocycles. The number of nitrogens with zero attached hydrogens (tertiary/aromatic N) is 1. The predicted molar refractivity (Wildman–Crippen MR) is 87.2 cm³/mol. The first-order valence-electron chi connectivity index (χ1n) is 9.40. The molecule has 4 saturated carbocycles. The van der Waals surface area contributed by atoms with Gasteiger partial charge in [0, 0.05) is 18.6 Å². The summed E-state index contributed by atoms with van der Waals surface area (Å²) in [6, 6.07) is 0.691. The lowest BCUT2D eigenvalue weighted by Crippen LogP contribution is -2.58. The first-order valence-corrected chi connectivity index (χ1v) is 9.40. The topological polar surface area (TPSA) is 58.4 Å². The van der Waals surface area contributed by atoms with Crippen molar-refractivity contribution in [2.75, 3.05) is 13.1 Å². The quantitative estimate of drug-likeness (QED) is 0.832. The number of likely N-dealkylation sites (tertiary alicyclic amines) is 1. The van der Waals surface area contributed by atoms with Gasteiger partial charge in [-0.2, -0.15) is 0 Å². The van der Waals surface area contributed by atoms with E-state index in [9.17, 15) is 4.79 Å². The maximum absolute atomic E-state index is 12.8. The van der Waals surface area contributed by atoms with Crippen molar-refractivity contribution in [1.82, 2.24) is 10.2 Å². The summed E-state index contributed by atoms with van der Waals surface area (Å²) in [7, 11) is 0. The smallest absolute Gasteiger partial charge is 0.237 e. The van der Waals surface area contributed by atoms with E-state index in [4.69, 9.17) is 5.73 Å². The van der Waals surface area contributed by atoms with Gasteiger partial charge in [-0.3, -0.25) is 9.69 Å². The Balaban J connectivity index is 1.39. The third kappa shape index (κ3) is 2.69. The van der Waals surface area contributed by atoms with Crippen molar-refractivity contribution in [3.63, 3.8) is 0 Å². The molecule has 5 rings (SSSR count). The molecule has 0 spiro atoms. The molecule has 1 amide bonds. The number of rotatable bonds is 4. The number of carbonyl (C=O) groups is 1. The van der Waals surface area contributed by atoms with Crippen molar-refractivity contribution in [2.45, 2.75) is 70.0 Å². The first-order chi connectivity index (χ1) is 10.6. The van der Waals surface area contributed by atoms with E-state index in [0.29, 0.717) is 6.04 Å². The highest BCUT2D eigenvalue weighted by atomic mass is 16.2. The molecule has 0 radical (unpaired) electrons. The number of hydrogen-bond acceptors (Lipinski definition) is 3. The third-order valence-corrected chi connectivity index (χ3v) is 6.72. The second-order valence-electron chi connectivity index (χ2n) is 8.60. The van der Waals surface area contributed by atoms with Crippen LogP contribution in [0.4, 0.5) is 0 Å². The molecule has 4 bridgehead atoms. The molecule has 3 N–H and O–H groups in total. The minimum atomic E-state index is 0.0724. The molecular formula is C18H31N3O. The minimum Gasteiger partial charge on any atom is -0.351 e. The maximum atomic E-state index is 12.8. The van der Waals surface area contributed by atoms with Gasteiger partial charge in [-0.25, -0.2) is 0 Å². The zero-order valence-corrected chi connectivity index (χ0v) is 13.8. The molecule has 1 heterocycles. The summed E-state index contributed by atoms with van der Waals surface area (Å²) in [5.74, 6) is 3.76. The summed E-state index contributed by atoms with van der Waals surface area (Å²) < 4.78 is 0. The highest BCUT2D eigenvalue weighted by Crippen LogP contribution is 2.53. The van der Waals surface area contributed by atoms with E-state index in [-0.39, 0.29) is 18.0 Å². The van der Waals surface area contributed by atoms with Crippen LogP contribution in [0.2, 0.25) is 0 Å². The SMILES string of the molecule is C[C@@H](N)CN1CCC[C@@H]1C(=O)NC1C2CC3CC(C2)CC1C3. The Morgan fingerprint density at radius 3 is 2.41 bits per heavy atom. The predicted octanol–water partition coefficient (Wildman–Crippen LogP) is 1.74. The van der Waals surface area contributed by atoms with Crippen LogP contribution in [-0.4, -0.2) is 42.0 Å². The Morgan fingerprint density at radius 2 is 1.82 bits per heavy atom. The van der Waals surface area contributed by atoms with E-state index < -0.39 is 0 Å². The van der Waals surface area contributed by atoms with Crippen LogP contribution < -0.4 is 11.1 Å². The van der Waals surface area contributed by atoms with Gasteiger partial charge in [-0.05, 0) is 82.1 Å². The van der Waals surface area contributed by atoms with Crippen LogP contribution >= 0.6 is 0 Å². The van der Waals surface area contributed by atoms with Crippen molar-refractivity contribution in [3.8, 4) is 0 Å². The van der Waals surface area contributed by atoms with Crippen LogP contribution in [0.1, 0.15) is 51.9 Å². The van der Waals surface area contributed by atoms with E-state index in [1.807, 2.05) is 6.92 Å². The molecule has 4 heteroatoms. The molecule has 22 heavy (non-hydrogen) atoms. The Morgan fingerprint density at radius 1 is 1.18 bits per heavy atom. The summed E-state index contributed by atoms with van der Waals surface area (Å²) in [6.07, 6.45) is 9.08. The monoisotopic (exact) mass is 305 g/mol. The van der Waals surface area contributed by atoms with Crippen molar-refractivity contribution < 1.29 is 4.79 Å².